The molecule has 2 N–H and O–H groups in total. The number of nitriles is 1. The van der Waals surface area contributed by atoms with Gasteiger partial charge in [0.15, 0.2) is 0 Å². The molecule has 0 fully saturated rings. The van der Waals surface area contributed by atoms with Crippen LogP contribution in [0.15, 0.2) is 30.3 Å². The molecule has 1 aromatic carbocycles. The Kier molecular flexibility index (Phi) is 4.51. The van der Waals surface area contributed by atoms with Crippen LogP contribution in [0.4, 0.5) is 11.6 Å². The second-order valence-corrected chi connectivity index (χ2v) is 4.38. The highest BCUT2D eigenvalue weighted by atomic mass is 15.1. The number of hydrogen-bond donors (Lipinski definition) is 2. The molecule has 5 heteroatoms. The number of nitrogens with zero attached hydrogens (tertiary/aromatic N) is 3. The molecule has 20 heavy (non-hydrogen) atoms. The van der Waals surface area contributed by atoms with Gasteiger partial charge >= 0.3 is 0 Å². The molecule has 102 valence electrons. The maximum Gasteiger partial charge on any atom is 0.132 e. The highest BCUT2D eigenvalue weighted by Gasteiger charge is 2.01. The maximum atomic E-state index is 8.76. The SMILES string of the molecule is CCNc1cc(NCc2ccc(C#N)cc2)nc(C)n1. The maximum absolute atomic E-state index is 8.76. The van der Waals surface area contributed by atoms with E-state index in [9.17, 15) is 0 Å². The van der Waals surface area contributed by atoms with Crippen LogP contribution in [0.2, 0.25) is 0 Å². The van der Waals surface area contributed by atoms with Gasteiger partial charge in [0.05, 0.1) is 11.6 Å². The van der Waals surface area contributed by atoms with E-state index in [4.69, 9.17) is 5.26 Å². The fourth-order valence-electron chi connectivity index (χ4n) is 1.82. The van der Waals surface area contributed by atoms with Crippen molar-refractivity contribution in [2.75, 3.05) is 17.2 Å². The molecule has 0 bridgehead atoms. The molecule has 1 aromatic heterocycles. The molecule has 0 amide bonds. The lowest BCUT2D eigenvalue weighted by Crippen LogP contribution is -2.06. The second-order valence-electron chi connectivity index (χ2n) is 4.38. The summed E-state index contributed by atoms with van der Waals surface area (Å²) < 4.78 is 0. The van der Waals surface area contributed by atoms with E-state index in [1.807, 2.05) is 44.2 Å². The topological polar surface area (TPSA) is 73.6 Å². The fraction of sp³-hybridized carbons (Fsp3) is 0.267. The highest BCUT2D eigenvalue weighted by molar-refractivity contribution is 5.47. The van der Waals surface area contributed by atoms with Gasteiger partial charge in [-0.2, -0.15) is 5.26 Å². The monoisotopic (exact) mass is 267 g/mol. The average molecular weight is 267 g/mol. The summed E-state index contributed by atoms with van der Waals surface area (Å²) in [6, 6.07) is 11.5. The van der Waals surface area contributed by atoms with Gasteiger partial charge in [-0.25, -0.2) is 9.97 Å². The van der Waals surface area contributed by atoms with E-state index in [-0.39, 0.29) is 0 Å². The number of benzene rings is 1. The Morgan fingerprint density at radius 2 is 1.75 bits per heavy atom. The van der Waals surface area contributed by atoms with Crippen LogP contribution in [0.1, 0.15) is 23.9 Å². The summed E-state index contributed by atoms with van der Waals surface area (Å²) >= 11 is 0. The number of anilines is 2. The Bertz CT molecular complexity index is 613. The van der Waals surface area contributed by atoms with Gasteiger partial charge in [0.1, 0.15) is 17.5 Å². The average Bonchev–Trinajstić information content (AvgIpc) is 2.45. The van der Waals surface area contributed by atoms with Gasteiger partial charge in [0.2, 0.25) is 0 Å². The Hall–Kier alpha value is -2.61. The van der Waals surface area contributed by atoms with Gasteiger partial charge in [-0.15, -0.1) is 0 Å². The minimum atomic E-state index is 0.660. The predicted molar refractivity (Wildman–Crippen MR) is 79.4 cm³/mol. The van der Waals surface area contributed by atoms with Gasteiger partial charge in [0, 0.05) is 19.2 Å². The minimum Gasteiger partial charge on any atom is -0.370 e. The van der Waals surface area contributed by atoms with Gasteiger partial charge in [-0.1, -0.05) is 12.1 Å². The van der Waals surface area contributed by atoms with Crippen LogP contribution in [0.3, 0.4) is 0 Å². The lowest BCUT2D eigenvalue weighted by Gasteiger charge is -2.09. The number of rotatable bonds is 5. The molecule has 1 heterocycles. The van der Waals surface area contributed by atoms with Crippen molar-refractivity contribution in [3.63, 3.8) is 0 Å². The summed E-state index contributed by atoms with van der Waals surface area (Å²) in [4.78, 5) is 8.65. The van der Waals surface area contributed by atoms with Gasteiger partial charge in [0.25, 0.3) is 0 Å². The molecular weight excluding hydrogens is 250 g/mol. The van der Waals surface area contributed by atoms with E-state index in [0.29, 0.717) is 12.1 Å². The molecule has 0 saturated carbocycles. The Morgan fingerprint density at radius 1 is 1.10 bits per heavy atom. The Morgan fingerprint density at radius 3 is 2.35 bits per heavy atom. The van der Waals surface area contributed by atoms with Crippen molar-refractivity contribution in [3.05, 3.63) is 47.3 Å². The number of aromatic nitrogens is 2. The summed E-state index contributed by atoms with van der Waals surface area (Å²) in [6.07, 6.45) is 0. The Labute approximate surface area is 118 Å². The molecule has 0 unspecified atom stereocenters. The van der Waals surface area contributed by atoms with E-state index in [2.05, 4.69) is 26.7 Å². The first kappa shape index (κ1) is 13.8. The minimum absolute atomic E-state index is 0.660. The smallest absolute Gasteiger partial charge is 0.132 e. The van der Waals surface area contributed by atoms with Crippen molar-refractivity contribution >= 4 is 11.6 Å². The van der Waals surface area contributed by atoms with Crippen LogP contribution in [-0.4, -0.2) is 16.5 Å². The third-order valence-corrected chi connectivity index (χ3v) is 2.75. The number of aryl methyl sites for hydroxylation is 1. The van der Waals surface area contributed by atoms with Crippen LogP contribution < -0.4 is 10.6 Å². The molecule has 2 rings (SSSR count). The predicted octanol–water partition coefficient (Wildman–Crippen LogP) is 2.70. The summed E-state index contributed by atoms with van der Waals surface area (Å²) in [5.74, 6) is 2.34. The third kappa shape index (κ3) is 3.69. The summed E-state index contributed by atoms with van der Waals surface area (Å²) in [6.45, 7) is 5.38. The Balaban J connectivity index is 2.04. The van der Waals surface area contributed by atoms with Crippen LogP contribution in [0, 0.1) is 18.3 Å². The number of nitrogens with one attached hydrogen (secondary N) is 2. The van der Waals surface area contributed by atoms with Crippen LogP contribution in [0.25, 0.3) is 0 Å². The largest absolute Gasteiger partial charge is 0.370 e. The molecule has 0 aliphatic carbocycles. The van der Waals surface area contributed by atoms with Crippen molar-refractivity contribution in [2.45, 2.75) is 20.4 Å². The van der Waals surface area contributed by atoms with E-state index in [1.165, 1.54) is 0 Å². The van der Waals surface area contributed by atoms with Crippen molar-refractivity contribution in [2.24, 2.45) is 0 Å². The van der Waals surface area contributed by atoms with E-state index >= 15 is 0 Å². The van der Waals surface area contributed by atoms with Crippen LogP contribution in [0.5, 0.6) is 0 Å². The van der Waals surface area contributed by atoms with E-state index < -0.39 is 0 Å². The van der Waals surface area contributed by atoms with Crippen molar-refractivity contribution in [3.8, 4) is 6.07 Å². The summed E-state index contributed by atoms with van der Waals surface area (Å²) in [5.41, 5.74) is 1.77. The molecule has 5 nitrogen and oxygen atoms in total. The molecule has 0 aliphatic rings. The first-order valence-corrected chi connectivity index (χ1v) is 6.53. The first-order chi connectivity index (χ1) is 9.71. The molecule has 0 radical (unpaired) electrons. The zero-order chi connectivity index (χ0) is 14.4. The van der Waals surface area contributed by atoms with Crippen LogP contribution in [-0.2, 0) is 6.54 Å². The second kappa shape index (κ2) is 6.53. The van der Waals surface area contributed by atoms with Gasteiger partial charge < -0.3 is 10.6 Å². The lowest BCUT2D eigenvalue weighted by molar-refractivity contribution is 1.01. The van der Waals surface area contributed by atoms with E-state index in [0.717, 1.165) is 29.6 Å². The van der Waals surface area contributed by atoms with Gasteiger partial charge in [-0.3, -0.25) is 0 Å². The molecule has 0 saturated heterocycles. The standard InChI is InChI=1S/C15H17N5/c1-3-17-14-8-15(20-11(2)19-14)18-10-13-6-4-12(9-16)5-7-13/h4-8H,3,10H2,1-2H3,(H2,17,18,19,20). The van der Waals surface area contributed by atoms with Crippen molar-refractivity contribution in [1.29, 1.82) is 5.26 Å². The first-order valence-electron chi connectivity index (χ1n) is 6.53. The highest BCUT2D eigenvalue weighted by Crippen LogP contribution is 2.12. The molecule has 2 aromatic rings. The normalized spacial score (nSPS) is 9.85. The fourth-order valence-corrected chi connectivity index (χ4v) is 1.82. The van der Waals surface area contributed by atoms with Crippen molar-refractivity contribution < 1.29 is 0 Å². The van der Waals surface area contributed by atoms with Gasteiger partial charge in [-0.05, 0) is 31.5 Å². The molecule has 0 spiro atoms. The zero-order valence-corrected chi connectivity index (χ0v) is 11.6. The lowest BCUT2D eigenvalue weighted by atomic mass is 10.1. The van der Waals surface area contributed by atoms with Crippen LogP contribution >= 0.6 is 0 Å². The molecular formula is C15H17N5. The van der Waals surface area contributed by atoms with E-state index in [1.54, 1.807) is 0 Å². The number of hydrogen-bond acceptors (Lipinski definition) is 5. The molecule has 0 atom stereocenters. The summed E-state index contributed by atoms with van der Waals surface area (Å²) in [7, 11) is 0. The third-order valence-electron chi connectivity index (χ3n) is 2.75. The quantitative estimate of drug-likeness (QED) is 0.871. The zero-order valence-electron chi connectivity index (χ0n) is 11.6. The van der Waals surface area contributed by atoms with Crippen molar-refractivity contribution in [1.82, 2.24) is 9.97 Å². The molecule has 0 aliphatic heterocycles. The summed E-state index contributed by atoms with van der Waals surface area (Å²) in [5, 5.41) is 15.2.